The lowest BCUT2D eigenvalue weighted by Gasteiger charge is -2.18. The van der Waals surface area contributed by atoms with E-state index in [-0.39, 0.29) is 5.56 Å². The molecule has 0 radical (unpaired) electrons. The fourth-order valence-corrected chi connectivity index (χ4v) is 4.61. The number of rotatable bonds is 17. The molecule has 0 bridgehead atoms. The number of aryl methyl sites for hydroxylation is 1. The van der Waals surface area contributed by atoms with Gasteiger partial charge >= 0.3 is 0 Å². The van der Waals surface area contributed by atoms with Gasteiger partial charge in [0.2, 0.25) is 5.75 Å². The maximum Gasteiger partial charge on any atom is 0.297 e. The van der Waals surface area contributed by atoms with Gasteiger partial charge in [0.1, 0.15) is 0 Å². The molecule has 0 atom stereocenters. The van der Waals surface area contributed by atoms with Gasteiger partial charge in [0.25, 0.3) is 5.56 Å². The predicted molar refractivity (Wildman–Crippen MR) is 152 cm³/mol. The summed E-state index contributed by atoms with van der Waals surface area (Å²) >= 11 is 0. The predicted octanol–water partition coefficient (Wildman–Crippen LogP) is 7.94. The second-order valence-corrected chi connectivity index (χ2v) is 9.57. The van der Waals surface area contributed by atoms with E-state index in [1.54, 1.807) is 7.11 Å². The number of hydrogen-bond donors (Lipinski definition) is 1. The van der Waals surface area contributed by atoms with Crippen LogP contribution in [0.2, 0.25) is 0 Å². The van der Waals surface area contributed by atoms with Crippen LogP contribution in [0.15, 0.2) is 53.3 Å². The van der Waals surface area contributed by atoms with Gasteiger partial charge in [-0.05, 0) is 36.6 Å². The standard InChI is InChI=1S/C31H44N2O3/c1-4-6-8-10-11-15-21-33-28-23-26(32-24-25-17-13-12-14-18-25)19-20-27(28)29(35-3)30(31(33)34)36-22-16-9-7-5-2/h12-14,17-20,23,32H,4-11,15-16,21-22,24H2,1-3H3. The van der Waals surface area contributed by atoms with Crippen molar-refractivity contribution in [1.82, 2.24) is 4.57 Å². The Hall–Kier alpha value is -2.95. The second kappa shape index (κ2) is 15.2. The maximum absolute atomic E-state index is 13.7. The molecule has 5 nitrogen and oxygen atoms in total. The Morgan fingerprint density at radius 3 is 2.22 bits per heavy atom. The molecule has 0 fully saturated rings. The topological polar surface area (TPSA) is 52.5 Å². The molecule has 1 heterocycles. The van der Waals surface area contributed by atoms with Gasteiger partial charge < -0.3 is 19.4 Å². The summed E-state index contributed by atoms with van der Waals surface area (Å²) in [4.78, 5) is 13.7. The van der Waals surface area contributed by atoms with Crippen molar-refractivity contribution in [2.75, 3.05) is 19.0 Å². The summed E-state index contributed by atoms with van der Waals surface area (Å²) in [5.74, 6) is 0.886. The van der Waals surface area contributed by atoms with E-state index in [9.17, 15) is 4.79 Å². The van der Waals surface area contributed by atoms with Crippen molar-refractivity contribution in [3.8, 4) is 11.5 Å². The molecule has 36 heavy (non-hydrogen) atoms. The van der Waals surface area contributed by atoms with Crippen molar-refractivity contribution in [3.63, 3.8) is 0 Å². The van der Waals surface area contributed by atoms with Crippen LogP contribution in [0, 0.1) is 0 Å². The minimum atomic E-state index is -0.0939. The smallest absolute Gasteiger partial charge is 0.297 e. The van der Waals surface area contributed by atoms with E-state index in [1.807, 2.05) is 28.8 Å². The number of unbranched alkanes of at least 4 members (excludes halogenated alkanes) is 8. The molecule has 1 N–H and O–H groups in total. The van der Waals surface area contributed by atoms with Crippen LogP contribution in [0.25, 0.3) is 10.9 Å². The Bertz CT molecular complexity index is 1110. The Kier molecular flexibility index (Phi) is 11.7. The molecule has 0 amide bonds. The zero-order valence-electron chi connectivity index (χ0n) is 22.5. The molecule has 3 rings (SSSR count). The van der Waals surface area contributed by atoms with Crippen molar-refractivity contribution >= 4 is 16.6 Å². The molecule has 0 aliphatic heterocycles. The highest BCUT2D eigenvalue weighted by Crippen LogP contribution is 2.34. The van der Waals surface area contributed by atoms with Crippen molar-refractivity contribution in [2.45, 2.75) is 91.1 Å². The third-order valence-corrected chi connectivity index (χ3v) is 6.70. The number of fused-ring (bicyclic) bond motifs is 1. The minimum Gasteiger partial charge on any atom is -0.492 e. The number of ether oxygens (including phenoxy) is 2. The summed E-state index contributed by atoms with van der Waals surface area (Å²) in [6.45, 7) is 6.36. The lowest BCUT2D eigenvalue weighted by atomic mass is 10.1. The Morgan fingerprint density at radius 2 is 1.50 bits per heavy atom. The average molecular weight is 493 g/mol. The van der Waals surface area contributed by atoms with Gasteiger partial charge in [-0.3, -0.25) is 4.79 Å². The molecule has 0 aliphatic rings. The van der Waals surface area contributed by atoms with Gasteiger partial charge in [-0.1, -0.05) is 95.5 Å². The van der Waals surface area contributed by atoms with Crippen molar-refractivity contribution < 1.29 is 9.47 Å². The molecular formula is C31H44N2O3. The van der Waals surface area contributed by atoms with Crippen LogP contribution in [0.1, 0.15) is 83.6 Å². The quantitative estimate of drug-likeness (QED) is 0.194. The summed E-state index contributed by atoms with van der Waals surface area (Å²) < 4.78 is 13.7. The number of nitrogens with one attached hydrogen (secondary N) is 1. The van der Waals surface area contributed by atoms with Gasteiger partial charge in [0.15, 0.2) is 5.75 Å². The van der Waals surface area contributed by atoms with Crippen molar-refractivity contribution in [3.05, 3.63) is 64.4 Å². The number of benzene rings is 2. The highest BCUT2D eigenvalue weighted by atomic mass is 16.5. The van der Waals surface area contributed by atoms with E-state index in [0.717, 1.165) is 48.8 Å². The van der Waals surface area contributed by atoms with E-state index < -0.39 is 0 Å². The van der Waals surface area contributed by atoms with E-state index in [1.165, 1.54) is 44.1 Å². The normalized spacial score (nSPS) is 11.1. The molecule has 196 valence electrons. The van der Waals surface area contributed by atoms with Crippen LogP contribution in [-0.4, -0.2) is 18.3 Å². The Labute approximate surface area is 216 Å². The Morgan fingerprint density at radius 1 is 0.806 bits per heavy atom. The molecule has 0 saturated heterocycles. The molecule has 5 heteroatoms. The van der Waals surface area contributed by atoms with Crippen LogP contribution in [-0.2, 0) is 13.1 Å². The van der Waals surface area contributed by atoms with E-state index >= 15 is 0 Å². The average Bonchev–Trinajstić information content (AvgIpc) is 2.91. The summed E-state index contributed by atoms with van der Waals surface area (Å²) in [5, 5.41) is 4.42. The number of methoxy groups -OCH3 is 1. The molecule has 3 aromatic rings. The van der Waals surface area contributed by atoms with E-state index in [2.05, 4.69) is 43.4 Å². The number of pyridine rings is 1. The molecular weight excluding hydrogens is 448 g/mol. The number of anilines is 1. The monoisotopic (exact) mass is 492 g/mol. The number of nitrogens with zero attached hydrogens (tertiary/aromatic N) is 1. The molecule has 0 saturated carbocycles. The Balaban J connectivity index is 1.89. The summed E-state index contributed by atoms with van der Waals surface area (Å²) in [5.41, 5.74) is 3.00. The summed E-state index contributed by atoms with van der Waals surface area (Å²) in [6.07, 6.45) is 11.5. The summed E-state index contributed by atoms with van der Waals surface area (Å²) in [7, 11) is 1.62. The third-order valence-electron chi connectivity index (χ3n) is 6.70. The van der Waals surface area contributed by atoms with E-state index in [4.69, 9.17) is 9.47 Å². The highest BCUT2D eigenvalue weighted by molar-refractivity contribution is 5.90. The second-order valence-electron chi connectivity index (χ2n) is 9.57. The van der Waals surface area contributed by atoms with Crippen molar-refractivity contribution in [2.24, 2.45) is 0 Å². The molecule has 1 aromatic heterocycles. The molecule has 0 spiro atoms. The van der Waals surface area contributed by atoms with Crippen LogP contribution >= 0.6 is 0 Å². The van der Waals surface area contributed by atoms with Crippen LogP contribution in [0.4, 0.5) is 5.69 Å². The summed E-state index contributed by atoms with van der Waals surface area (Å²) in [6, 6.07) is 16.5. The van der Waals surface area contributed by atoms with Gasteiger partial charge in [0.05, 0.1) is 19.2 Å². The molecule has 2 aromatic carbocycles. The molecule has 0 unspecified atom stereocenters. The minimum absolute atomic E-state index is 0.0939. The van der Waals surface area contributed by atoms with Gasteiger partial charge in [-0.25, -0.2) is 0 Å². The zero-order chi connectivity index (χ0) is 25.6. The van der Waals surface area contributed by atoms with Crippen LogP contribution in [0.5, 0.6) is 11.5 Å². The number of hydrogen-bond acceptors (Lipinski definition) is 4. The lowest BCUT2D eigenvalue weighted by Crippen LogP contribution is -2.24. The van der Waals surface area contributed by atoms with E-state index in [0.29, 0.717) is 24.7 Å². The fourth-order valence-electron chi connectivity index (χ4n) is 4.61. The lowest BCUT2D eigenvalue weighted by molar-refractivity contribution is 0.280. The van der Waals surface area contributed by atoms with Gasteiger partial charge in [-0.15, -0.1) is 0 Å². The first kappa shape index (κ1) is 27.6. The number of aromatic nitrogens is 1. The first-order chi connectivity index (χ1) is 17.7. The van der Waals surface area contributed by atoms with Gasteiger partial charge in [0, 0.05) is 24.2 Å². The SMILES string of the molecule is CCCCCCCCn1c(=O)c(OCCCCCC)c(OC)c2ccc(NCc3ccccc3)cc21. The first-order valence-electron chi connectivity index (χ1n) is 13.8. The highest BCUT2D eigenvalue weighted by Gasteiger charge is 2.19. The van der Waals surface area contributed by atoms with Crippen LogP contribution < -0.4 is 20.3 Å². The largest absolute Gasteiger partial charge is 0.492 e. The first-order valence-corrected chi connectivity index (χ1v) is 13.8. The maximum atomic E-state index is 13.7. The zero-order valence-corrected chi connectivity index (χ0v) is 22.5. The van der Waals surface area contributed by atoms with Gasteiger partial charge in [-0.2, -0.15) is 0 Å². The van der Waals surface area contributed by atoms with Crippen LogP contribution in [0.3, 0.4) is 0 Å². The third kappa shape index (κ3) is 7.78. The molecule has 0 aliphatic carbocycles. The van der Waals surface area contributed by atoms with Crippen molar-refractivity contribution in [1.29, 1.82) is 0 Å². The fraction of sp³-hybridized carbons (Fsp3) is 0.516.